The maximum atomic E-state index is 12.5. The highest BCUT2D eigenvalue weighted by atomic mass is 16.2. The fourth-order valence-corrected chi connectivity index (χ4v) is 3.13. The highest BCUT2D eigenvalue weighted by Crippen LogP contribution is 2.23. The summed E-state index contributed by atoms with van der Waals surface area (Å²) < 4.78 is 0. The molecule has 0 radical (unpaired) electrons. The molecule has 4 heteroatoms. The van der Waals surface area contributed by atoms with Crippen LogP contribution in [0, 0.1) is 6.92 Å². The maximum absolute atomic E-state index is 12.5. The van der Waals surface area contributed by atoms with Gasteiger partial charge in [-0.3, -0.25) is 9.69 Å². The number of carbonyl (C=O) groups is 1. The molecule has 1 aromatic carbocycles. The van der Waals surface area contributed by atoms with E-state index in [9.17, 15) is 4.79 Å². The molecule has 2 saturated heterocycles. The third-order valence-corrected chi connectivity index (χ3v) is 4.40. The molecule has 3 rings (SSSR count). The van der Waals surface area contributed by atoms with E-state index in [0.717, 1.165) is 30.8 Å². The van der Waals surface area contributed by atoms with Crippen molar-refractivity contribution < 1.29 is 4.79 Å². The van der Waals surface area contributed by atoms with Crippen LogP contribution in [-0.2, 0) is 0 Å². The van der Waals surface area contributed by atoms with Crippen LogP contribution < -0.4 is 5.73 Å². The lowest BCUT2D eigenvalue weighted by molar-refractivity contribution is 0.0571. The minimum Gasteiger partial charge on any atom is -0.398 e. The summed E-state index contributed by atoms with van der Waals surface area (Å²) in [5, 5.41) is 0. The van der Waals surface area contributed by atoms with Crippen molar-refractivity contribution in [1.29, 1.82) is 0 Å². The zero-order valence-electron chi connectivity index (χ0n) is 11.4. The number of piperazine rings is 1. The summed E-state index contributed by atoms with van der Waals surface area (Å²) in [5.41, 5.74) is 8.34. The number of fused-ring (bicyclic) bond motifs is 1. The largest absolute Gasteiger partial charge is 0.398 e. The molecule has 2 aliphatic rings. The standard InChI is InChI=1S/C15H21N3O/c1-11-4-5-12(9-14(11)16)15(19)18-8-7-17-6-2-3-13(17)10-18/h4-5,9,13H,2-3,6-8,10,16H2,1H3/t13-/m1/s1. The number of hydrogen-bond acceptors (Lipinski definition) is 3. The summed E-state index contributed by atoms with van der Waals surface area (Å²) >= 11 is 0. The number of benzene rings is 1. The van der Waals surface area contributed by atoms with E-state index in [1.54, 1.807) is 6.07 Å². The van der Waals surface area contributed by atoms with Crippen LogP contribution in [0.3, 0.4) is 0 Å². The van der Waals surface area contributed by atoms with E-state index in [2.05, 4.69) is 4.90 Å². The normalized spacial score (nSPS) is 23.4. The fourth-order valence-electron chi connectivity index (χ4n) is 3.13. The first-order valence-corrected chi connectivity index (χ1v) is 7.04. The SMILES string of the molecule is Cc1ccc(C(=O)N2CCN3CCC[C@@H]3C2)cc1N. The topological polar surface area (TPSA) is 49.6 Å². The first-order valence-electron chi connectivity index (χ1n) is 7.04. The van der Waals surface area contributed by atoms with E-state index in [1.807, 2.05) is 24.0 Å². The van der Waals surface area contributed by atoms with Crippen molar-refractivity contribution in [3.05, 3.63) is 29.3 Å². The third-order valence-electron chi connectivity index (χ3n) is 4.40. The Morgan fingerprint density at radius 2 is 2.16 bits per heavy atom. The van der Waals surface area contributed by atoms with E-state index in [-0.39, 0.29) is 5.91 Å². The summed E-state index contributed by atoms with van der Waals surface area (Å²) in [4.78, 5) is 17.0. The van der Waals surface area contributed by atoms with Crippen LogP contribution in [0.15, 0.2) is 18.2 Å². The highest BCUT2D eigenvalue weighted by Gasteiger charge is 2.32. The molecule has 0 aromatic heterocycles. The Labute approximate surface area is 114 Å². The summed E-state index contributed by atoms with van der Waals surface area (Å²) in [5.74, 6) is 0.123. The molecule has 0 bridgehead atoms. The van der Waals surface area contributed by atoms with Crippen LogP contribution in [0.5, 0.6) is 0 Å². The summed E-state index contributed by atoms with van der Waals surface area (Å²) in [6, 6.07) is 6.18. The Kier molecular flexibility index (Phi) is 3.19. The predicted molar refractivity (Wildman–Crippen MR) is 76.1 cm³/mol. The Morgan fingerprint density at radius 3 is 2.95 bits per heavy atom. The van der Waals surface area contributed by atoms with Gasteiger partial charge in [-0.15, -0.1) is 0 Å². The quantitative estimate of drug-likeness (QED) is 0.778. The zero-order valence-corrected chi connectivity index (χ0v) is 11.4. The van der Waals surface area contributed by atoms with Crippen LogP contribution in [0.4, 0.5) is 5.69 Å². The van der Waals surface area contributed by atoms with Gasteiger partial charge in [-0.2, -0.15) is 0 Å². The van der Waals surface area contributed by atoms with Crippen LogP contribution in [0.2, 0.25) is 0 Å². The van der Waals surface area contributed by atoms with Gasteiger partial charge in [0.05, 0.1) is 0 Å². The van der Waals surface area contributed by atoms with E-state index < -0.39 is 0 Å². The second-order valence-corrected chi connectivity index (χ2v) is 5.65. The number of aryl methyl sites for hydroxylation is 1. The molecule has 102 valence electrons. The highest BCUT2D eigenvalue weighted by molar-refractivity contribution is 5.95. The predicted octanol–water partition coefficient (Wildman–Crippen LogP) is 1.50. The van der Waals surface area contributed by atoms with Gasteiger partial charge in [-0.25, -0.2) is 0 Å². The van der Waals surface area contributed by atoms with Crippen LogP contribution in [-0.4, -0.2) is 47.9 Å². The summed E-state index contributed by atoms with van der Waals surface area (Å²) in [6.07, 6.45) is 2.49. The lowest BCUT2D eigenvalue weighted by atomic mass is 10.1. The van der Waals surface area contributed by atoms with Crippen molar-refractivity contribution in [2.75, 3.05) is 31.9 Å². The first kappa shape index (κ1) is 12.5. The lowest BCUT2D eigenvalue weighted by Crippen LogP contribution is -2.52. The van der Waals surface area contributed by atoms with Crippen molar-refractivity contribution >= 4 is 11.6 Å². The van der Waals surface area contributed by atoms with E-state index in [1.165, 1.54) is 19.4 Å². The Bertz CT molecular complexity index is 500. The molecule has 1 amide bonds. The smallest absolute Gasteiger partial charge is 0.254 e. The molecule has 1 aromatic rings. The van der Waals surface area contributed by atoms with Gasteiger partial charge >= 0.3 is 0 Å². The average Bonchev–Trinajstić information content (AvgIpc) is 2.88. The number of nitrogen functional groups attached to an aromatic ring is 1. The Hall–Kier alpha value is -1.55. The monoisotopic (exact) mass is 259 g/mol. The molecule has 2 heterocycles. The van der Waals surface area contributed by atoms with Gasteiger partial charge in [-0.1, -0.05) is 6.07 Å². The fraction of sp³-hybridized carbons (Fsp3) is 0.533. The molecule has 0 saturated carbocycles. The lowest BCUT2D eigenvalue weighted by Gasteiger charge is -2.37. The maximum Gasteiger partial charge on any atom is 0.254 e. The average molecular weight is 259 g/mol. The van der Waals surface area contributed by atoms with Crippen LogP contribution >= 0.6 is 0 Å². The number of hydrogen-bond donors (Lipinski definition) is 1. The second-order valence-electron chi connectivity index (χ2n) is 5.65. The van der Waals surface area contributed by atoms with Gasteiger partial charge in [0.15, 0.2) is 0 Å². The molecule has 0 aliphatic carbocycles. The van der Waals surface area contributed by atoms with Crippen LogP contribution in [0.25, 0.3) is 0 Å². The summed E-state index contributed by atoms with van der Waals surface area (Å²) in [6.45, 7) is 5.87. The molecular formula is C15H21N3O. The van der Waals surface area contributed by atoms with Crippen molar-refractivity contribution in [3.63, 3.8) is 0 Å². The number of rotatable bonds is 1. The molecule has 2 N–H and O–H groups in total. The first-order chi connectivity index (χ1) is 9.15. The van der Waals surface area contributed by atoms with E-state index in [0.29, 0.717) is 11.7 Å². The Balaban J connectivity index is 1.74. The van der Waals surface area contributed by atoms with Gasteiger partial charge in [0.2, 0.25) is 0 Å². The van der Waals surface area contributed by atoms with Crippen molar-refractivity contribution in [2.45, 2.75) is 25.8 Å². The number of carbonyl (C=O) groups excluding carboxylic acids is 1. The van der Waals surface area contributed by atoms with Gasteiger partial charge in [0.1, 0.15) is 0 Å². The molecule has 2 aliphatic heterocycles. The van der Waals surface area contributed by atoms with Crippen LogP contribution in [0.1, 0.15) is 28.8 Å². The minimum atomic E-state index is 0.123. The minimum absolute atomic E-state index is 0.123. The summed E-state index contributed by atoms with van der Waals surface area (Å²) in [7, 11) is 0. The van der Waals surface area contributed by atoms with Gasteiger partial charge in [0, 0.05) is 36.9 Å². The van der Waals surface area contributed by atoms with Crippen molar-refractivity contribution in [2.24, 2.45) is 0 Å². The van der Waals surface area contributed by atoms with E-state index >= 15 is 0 Å². The number of nitrogens with two attached hydrogens (primary N) is 1. The second kappa shape index (κ2) is 4.85. The van der Waals surface area contributed by atoms with Crippen molar-refractivity contribution in [1.82, 2.24) is 9.80 Å². The van der Waals surface area contributed by atoms with Gasteiger partial charge < -0.3 is 10.6 Å². The molecule has 4 nitrogen and oxygen atoms in total. The van der Waals surface area contributed by atoms with Gasteiger partial charge in [-0.05, 0) is 44.0 Å². The zero-order chi connectivity index (χ0) is 13.4. The molecule has 2 fully saturated rings. The van der Waals surface area contributed by atoms with E-state index in [4.69, 9.17) is 5.73 Å². The number of anilines is 1. The molecular weight excluding hydrogens is 238 g/mol. The number of nitrogens with zero attached hydrogens (tertiary/aromatic N) is 2. The Morgan fingerprint density at radius 1 is 1.32 bits per heavy atom. The third kappa shape index (κ3) is 2.32. The van der Waals surface area contributed by atoms with Gasteiger partial charge in [0.25, 0.3) is 5.91 Å². The number of amides is 1. The molecule has 1 atom stereocenters. The molecule has 19 heavy (non-hydrogen) atoms. The molecule has 0 spiro atoms. The van der Waals surface area contributed by atoms with Crippen molar-refractivity contribution in [3.8, 4) is 0 Å². The molecule has 0 unspecified atom stereocenters.